The molecule has 3 rings (SSSR count). The molecular weight excluding hydrogens is 250 g/mol. The van der Waals surface area contributed by atoms with E-state index in [4.69, 9.17) is 21.8 Å². The quantitative estimate of drug-likeness (QED) is 0.841. The highest BCUT2D eigenvalue weighted by Gasteiger charge is 2.23. The van der Waals surface area contributed by atoms with Crippen molar-refractivity contribution in [3.05, 3.63) is 29.1 Å². The van der Waals surface area contributed by atoms with Crippen LogP contribution < -0.4 is 5.73 Å². The van der Waals surface area contributed by atoms with Crippen molar-refractivity contribution in [1.82, 2.24) is 10.2 Å². The first kappa shape index (κ1) is 11.5. The van der Waals surface area contributed by atoms with Crippen LogP contribution in [0.5, 0.6) is 0 Å². The first-order valence-electron chi connectivity index (χ1n) is 6.12. The molecule has 0 unspecified atom stereocenters. The fraction of sp³-hybridized carbons (Fsp3) is 0.385. The number of halogens is 1. The molecule has 0 aliphatic heterocycles. The van der Waals surface area contributed by atoms with Crippen molar-refractivity contribution in [3.63, 3.8) is 0 Å². The predicted molar refractivity (Wildman–Crippen MR) is 70.4 cm³/mol. The Balaban J connectivity index is 1.92. The Bertz CT molecular complexity index is 541. The standard InChI is InChI=1S/C13H14ClN3O/c14-10-5-9(6-11(15)7-10)13-17-16-12(18-13)8-3-1-2-4-8/h5-8H,1-4,15H2. The number of aromatic nitrogens is 2. The van der Waals surface area contributed by atoms with Gasteiger partial charge in [-0.2, -0.15) is 0 Å². The van der Waals surface area contributed by atoms with Crippen LogP contribution in [0.25, 0.3) is 11.5 Å². The number of hydrogen-bond acceptors (Lipinski definition) is 4. The zero-order valence-corrected chi connectivity index (χ0v) is 10.7. The molecule has 1 heterocycles. The predicted octanol–water partition coefficient (Wildman–Crippen LogP) is 3.63. The summed E-state index contributed by atoms with van der Waals surface area (Å²) in [4.78, 5) is 0. The average Bonchev–Trinajstić information content (AvgIpc) is 2.99. The van der Waals surface area contributed by atoms with Gasteiger partial charge in [-0.05, 0) is 31.0 Å². The maximum Gasteiger partial charge on any atom is 0.247 e. The molecule has 0 atom stereocenters. The molecule has 94 valence electrons. The van der Waals surface area contributed by atoms with Crippen LogP contribution in [0.4, 0.5) is 5.69 Å². The third-order valence-corrected chi connectivity index (χ3v) is 3.53. The minimum absolute atomic E-state index is 0.419. The van der Waals surface area contributed by atoms with E-state index in [-0.39, 0.29) is 0 Å². The van der Waals surface area contributed by atoms with Gasteiger partial charge in [0, 0.05) is 22.2 Å². The van der Waals surface area contributed by atoms with Gasteiger partial charge in [0.15, 0.2) is 0 Å². The van der Waals surface area contributed by atoms with Gasteiger partial charge in [-0.1, -0.05) is 24.4 Å². The zero-order valence-electron chi connectivity index (χ0n) is 9.90. The number of nitrogen functional groups attached to an aromatic ring is 1. The molecule has 0 radical (unpaired) electrons. The van der Waals surface area contributed by atoms with Gasteiger partial charge >= 0.3 is 0 Å². The lowest BCUT2D eigenvalue weighted by Gasteiger charge is -2.01. The number of anilines is 1. The van der Waals surface area contributed by atoms with Crippen LogP contribution in [-0.4, -0.2) is 10.2 Å². The molecule has 0 bridgehead atoms. The lowest BCUT2D eigenvalue weighted by atomic mass is 10.1. The summed E-state index contributed by atoms with van der Waals surface area (Å²) in [7, 11) is 0. The van der Waals surface area contributed by atoms with E-state index in [2.05, 4.69) is 10.2 Å². The molecule has 1 aliphatic rings. The summed E-state index contributed by atoms with van der Waals surface area (Å²) in [5.41, 5.74) is 7.12. The summed E-state index contributed by atoms with van der Waals surface area (Å²) in [6, 6.07) is 5.26. The molecule has 18 heavy (non-hydrogen) atoms. The molecule has 4 nitrogen and oxygen atoms in total. The highest BCUT2D eigenvalue weighted by Crippen LogP contribution is 2.34. The monoisotopic (exact) mass is 263 g/mol. The van der Waals surface area contributed by atoms with Crippen LogP contribution in [0.15, 0.2) is 22.6 Å². The second-order valence-electron chi connectivity index (χ2n) is 4.70. The van der Waals surface area contributed by atoms with E-state index < -0.39 is 0 Å². The molecular formula is C13H14ClN3O. The first-order valence-corrected chi connectivity index (χ1v) is 6.50. The van der Waals surface area contributed by atoms with E-state index in [1.54, 1.807) is 18.2 Å². The fourth-order valence-corrected chi connectivity index (χ4v) is 2.67. The molecule has 0 amide bonds. The number of nitrogens with two attached hydrogens (primary N) is 1. The minimum Gasteiger partial charge on any atom is -0.420 e. The number of nitrogens with zero attached hydrogens (tertiary/aromatic N) is 2. The van der Waals surface area contributed by atoms with E-state index in [1.165, 1.54) is 12.8 Å². The topological polar surface area (TPSA) is 64.9 Å². The molecule has 1 fully saturated rings. The molecule has 1 aliphatic carbocycles. The van der Waals surface area contributed by atoms with Crippen molar-refractivity contribution in [2.24, 2.45) is 0 Å². The summed E-state index contributed by atoms with van der Waals surface area (Å²) < 4.78 is 5.73. The van der Waals surface area contributed by atoms with E-state index in [0.717, 1.165) is 24.3 Å². The second-order valence-corrected chi connectivity index (χ2v) is 5.14. The molecule has 1 aromatic carbocycles. The normalized spacial score (nSPS) is 16.3. The highest BCUT2D eigenvalue weighted by molar-refractivity contribution is 6.31. The molecule has 5 heteroatoms. The lowest BCUT2D eigenvalue weighted by molar-refractivity contribution is 0.457. The Kier molecular flexibility index (Phi) is 2.96. The molecule has 2 N–H and O–H groups in total. The smallest absolute Gasteiger partial charge is 0.247 e. The van der Waals surface area contributed by atoms with E-state index in [1.807, 2.05) is 0 Å². The van der Waals surface area contributed by atoms with Gasteiger partial charge in [0.25, 0.3) is 0 Å². The molecule has 1 saturated carbocycles. The summed E-state index contributed by atoms with van der Waals surface area (Å²) in [5, 5.41) is 8.79. The third kappa shape index (κ3) is 2.20. The Morgan fingerprint density at radius 1 is 1.17 bits per heavy atom. The summed E-state index contributed by atoms with van der Waals surface area (Å²) in [5.74, 6) is 1.65. The lowest BCUT2D eigenvalue weighted by Crippen LogP contribution is -1.91. The van der Waals surface area contributed by atoms with Crippen molar-refractivity contribution in [1.29, 1.82) is 0 Å². The van der Waals surface area contributed by atoms with Crippen LogP contribution in [0.2, 0.25) is 5.02 Å². The second kappa shape index (κ2) is 4.61. The fourth-order valence-electron chi connectivity index (χ4n) is 2.42. The van der Waals surface area contributed by atoms with Gasteiger partial charge in [0.2, 0.25) is 11.8 Å². The summed E-state index contributed by atoms with van der Waals surface area (Å²) >= 11 is 5.96. The van der Waals surface area contributed by atoms with Crippen LogP contribution in [0.3, 0.4) is 0 Å². The van der Waals surface area contributed by atoms with Crippen molar-refractivity contribution >= 4 is 17.3 Å². The van der Waals surface area contributed by atoms with Crippen molar-refractivity contribution in [2.75, 3.05) is 5.73 Å². The number of hydrogen-bond donors (Lipinski definition) is 1. The van der Waals surface area contributed by atoms with E-state index in [9.17, 15) is 0 Å². The molecule has 0 saturated heterocycles. The molecule has 1 aromatic heterocycles. The Hall–Kier alpha value is -1.55. The highest BCUT2D eigenvalue weighted by atomic mass is 35.5. The van der Waals surface area contributed by atoms with Gasteiger partial charge in [0.1, 0.15) is 0 Å². The van der Waals surface area contributed by atoms with Gasteiger partial charge in [-0.15, -0.1) is 10.2 Å². The summed E-state index contributed by atoms with van der Waals surface area (Å²) in [6.07, 6.45) is 4.76. The maximum atomic E-state index is 5.96. The van der Waals surface area contributed by atoms with E-state index >= 15 is 0 Å². The summed E-state index contributed by atoms with van der Waals surface area (Å²) in [6.45, 7) is 0. The van der Waals surface area contributed by atoms with Gasteiger partial charge in [-0.3, -0.25) is 0 Å². The van der Waals surface area contributed by atoms with Crippen LogP contribution >= 0.6 is 11.6 Å². The Morgan fingerprint density at radius 2 is 1.94 bits per heavy atom. The van der Waals surface area contributed by atoms with Gasteiger partial charge in [-0.25, -0.2) is 0 Å². The largest absolute Gasteiger partial charge is 0.420 e. The van der Waals surface area contributed by atoms with Crippen LogP contribution in [0, 0.1) is 0 Å². The first-order chi connectivity index (χ1) is 8.72. The third-order valence-electron chi connectivity index (χ3n) is 3.31. The SMILES string of the molecule is Nc1cc(Cl)cc(-c2nnc(C3CCCC3)o2)c1. The molecule has 0 spiro atoms. The number of benzene rings is 1. The minimum atomic E-state index is 0.419. The zero-order chi connectivity index (χ0) is 12.5. The van der Waals surface area contributed by atoms with Gasteiger partial charge < -0.3 is 10.2 Å². The van der Waals surface area contributed by atoms with Crippen LogP contribution in [0.1, 0.15) is 37.5 Å². The average molecular weight is 264 g/mol. The number of rotatable bonds is 2. The van der Waals surface area contributed by atoms with Gasteiger partial charge in [0.05, 0.1) is 0 Å². The van der Waals surface area contributed by atoms with Crippen molar-refractivity contribution in [3.8, 4) is 11.5 Å². The van der Waals surface area contributed by atoms with E-state index in [0.29, 0.717) is 22.5 Å². The maximum absolute atomic E-state index is 5.96. The Labute approximate surface area is 110 Å². The van der Waals surface area contributed by atoms with Crippen molar-refractivity contribution < 1.29 is 4.42 Å². The molecule has 2 aromatic rings. The van der Waals surface area contributed by atoms with Crippen LogP contribution in [-0.2, 0) is 0 Å². The van der Waals surface area contributed by atoms with Crippen molar-refractivity contribution in [2.45, 2.75) is 31.6 Å². The Morgan fingerprint density at radius 3 is 2.67 bits per heavy atom.